The third-order valence-corrected chi connectivity index (χ3v) is 7.39. The van der Waals surface area contributed by atoms with Gasteiger partial charge in [0.05, 0.1) is 6.61 Å². The number of anilines is 1. The lowest BCUT2D eigenvalue weighted by molar-refractivity contribution is -0.144. The van der Waals surface area contributed by atoms with Crippen LogP contribution in [-0.2, 0) is 31.6 Å². The van der Waals surface area contributed by atoms with Crippen LogP contribution in [-0.4, -0.2) is 58.6 Å². The second-order valence-corrected chi connectivity index (χ2v) is 10.4. The molecule has 7 N–H and O–H groups in total. The number of nitrogens with two attached hydrogens (primary N) is 1. The molecule has 0 radical (unpaired) electrons. The maximum atomic E-state index is 14.7. The molecule has 1 fully saturated rings. The molecule has 1 aliphatic heterocycles. The van der Waals surface area contributed by atoms with Crippen LogP contribution in [0.4, 0.5) is 14.6 Å². The molecule has 19 nitrogen and oxygen atoms in total. The predicted octanol–water partition coefficient (Wildman–Crippen LogP) is -0.300. The van der Waals surface area contributed by atoms with Gasteiger partial charge in [0.15, 0.2) is 6.10 Å². The zero-order chi connectivity index (χ0) is 25.5. The zero-order valence-corrected chi connectivity index (χ0v) is 18.1. The first-order chi connectivity index (χ1) is 14.8. The van der Waals surface area contributed by atoms with Gasteiger partial charge in [0, 0.05) is 11.1 Å². The Morgan fingerprint density at radius 3 is 2.39 bits per heavy atom. The Balaban J connectivity index is 2.35. The fourth-order valence-corrected chi connectivity index (χ4v) is 5.43. The van der Waals surface area contributed by atoms with Crippen molar-refractivity contribution in [2.75, 3.05) is 12.3 Å². The summed E-state index contributed by atoms with van der Waals surface area (Å²) in [6, 6.07) is 0.896. The molecule has 0 aliphatic carbocycles. The van der Waals surface area contributed by atoms with Crippen LogP contribution in [0.5, 0.6) is 0 Å². The molecular weight excluding hydrogens is 531 g/mol. The van der Waals surface area contributed by atoms with Crippen molar-refractivity contribution >= 4 is 29.3 Å². The Kier molecular flexibility index (Phi) is 7.55. The average molecular weight is 544 g/mol. The smallest absolute Gasteiger partial charge is 0.383 e. The van der Waals surface area contributed by atoms with E-state index in [1.807, 2.05) is 0 Å². The number of hydrogen-bond donors (Lipinski definition) is 6. The molecule has 0 saturated carbocycles. The summed E-state index contributed by atoms with van der Waals surface area (Å²) in [4.78, 5) is 52.7. The Labute approximate surface area is 179 Å². The van der Waals surface area contributed by atoms with Gasteiger partial charge < -0.3 is 35.2 Å². The number of phosphoric acid groups is 3. The van der Waals surface area contributed by atoms with E-state index in [-0.39, 0.29) is 10.4 Å². The summed E-state index contributed by atoms with van der Waals surface area (Å²) in [7, 11) is -17.6. The highest BCUT2D eigenvalue weighted by molar-refractivity contribution is 7.66. The van der Waals surface area contributed by atoms with Crippen molar-refractivity contribution in [3.63, 3.8) is 0 Å². The molecule has 1 aromatic heterocycles. The van der Waals surface area contributed by atoms with Crippen molar-refractivity contribution in [2.45, 2.75) is 24.0 Å². The van der Waals surface area contributed by atoms with Gasteiger partial charge in [0.25, 0.3) is 0 Å². The summed E-state index contributed by atoms with van der Waals surface area (Å²) in [5, 5.41) is 12.8. The molecule has 2 unspecified atom stereocenters. The summed E-state index contributed by atoms with van der Waals surface area (Å²) < 4.78 is 79.1. The zero-order valence-electron chi connectivity index (χ0n) is 15.4. The summed E-state index contributed by atoms with van der Waals surface area (Å²) >= 11 is 0. The number of ether oxygens (including phenoxy) is 1. The monoisotopic (exact) mass is 544 g/mol. The Hall–Kier alpha value is -1.82. The second kappa shape index (κ2) is 9.09. The van der Waals surface area contributed by atoms with E-state index < -0.39 is 59.7 Å². The Morgan fingerprint density at radius 2 is 1.88 bits per heavy atom. The van der Waals surface area contributed by atoms with Gasteiger partial charge >= 0.3 is 35.1 Å². The number of aromatic nitrogens is 2. The van der Waals surface area contributed by atoms with Gasteiger partial charge in [-0.3, -0.25) is 9.09 Å². The number of phosphoric ester groups is 1. The second-order valence-electron chi connectivity index (χ2n) is 5.99. The van der Waals surface area contributed by atoms with Crippen LogP contribution >= 0.6 is 23.5 Å². The standard InChI is InChI=1S/C9H13F2N6O13P3/c10-9(11)5(18)8(15-16-13,28-6(9)17-2-1-4(12)14-7(17)19)3-27-32(23,24)30-33(25,26)29-31(20,21)22/h1-2,5-6,18H,3H2,(H,23,24)(H,25,26)(H2,12,14,19)(H2,20,21,22)/t5-,6-,8-/m1/s1. The molecule has 0 amide bonds. The number of alkyl halides is 2. The first kappa shape index (κ1) is 27.4. The quantitative estimate of drug-likeness (QED) is 0.101. The molecule has 0 bridgehead atoms. The molecule has 0 aromatic carbocycles. The normalized spacial score (nSPS) is 28.5. The molecule has 2 heterocycles. The highest BCUT2D eigenvalue weighted by Crippen LogP contribution is 2.66. The van der Waals surface area contributed by atoms with Gasteiger partial charge in [-0.25, -0.2) is 18.5 Å². The maximum absolute atomic E-state index is 14.7. The molecular formula is C9H13F2N6O13P3. The number of halogens is 2. The summed E-state index contributed by atoms with van der Waals surface area (Å²) in [6.45, 7) is -1.77. The molecule has 1 aromatic rings. The van der Waals surface area contributed by atoms with Crippen LogP contribution in [0, 0.1) is 0 Å². The lowest BCUT2D eigenvalue weighted by atomic mass is 10.1. The van der Waals surface area contributed by atoms with E-state index in [0.717, 1.165) is 6.07 Å². The lowest BCUT2D eigenvalue weighted by Gasteiger charge is -2.27. The van der Waals surface area contributed by atoms with Crippen LogP contribution in [0.15, 0.2) is 22.2 Å². The fraction of sp³-hybridized carbons (Fsp3) is 0.556. The van der Waals surface area contributed by atoms with Crippen molar-refractivity contribution < 1.29 is 65.0 Å². The summed E-state index contributed by atoms with van der Waals surface area (Å²) in [6.07, 6.45) is -5.18. The molecule has 1 saturated heterocycles. The van der Waals surface area contributed by atoms with Crippen molar-refractivity contribution in [3.05, 3.63) is 33.2 Å². The van der Waals surface area contributed by atoms with Crippen LogP contribution in [0.2, 0.25) is 0 Å². The fourth-order valence-electron chi connectivity index (χ4n) is 2.39. The molecule has 2 rings (SSSR count). The first-order valence-electron chi connectivity index (χ1n) is 7.77. The molecule has 0 spiro atoms. The van der Waals surface area contributed by atoms with Gasteiger partial charge in [-0.15, -0.1) is 0 Å². The predicted molar refractivity (Wildman–Crippen MR) is 95.7 cm³/mol. The number of aliphatic hydroxyl groups excluding tert-OH is 1. The van der Waals surface area contributed by atoms with Crippen molar-refractivity contribution in [2.24, 2.45) is 5.11 Å². The molecule has 24 heteroatoms. The number of nitrogens with zero attached hydrogens (tertiary/aromatic N) is 5. The maximum Gasteiger partial charge on any atom is 0.490 e. The minimum atomic E-state index is -5.97. The topological polar surface area (TPSA) is 299 Å². The molecule has 33 heavy (non-hydrogen) atoms. The van der Waals surface area contributed by atoms with E-state index in [1.54, 1.807) is 0 Å². The SMILES string of the molecule is [N-]=[N+]=N[C@]1(COP(=O)(O)OP(=O)(O)OP(=O)(O)O)O[C@@H](n2ccc(N)nc2=O)C(F)(F)[C@@H]1O. The van der Waals surface area contributed by atoms with E-state index in [0.29, 0.717) is 6.20 Å². The van der Waals surface area contributed by atoms with Crippen LogP contribution in [0.1, 0.15) is 6.23 Å². The van der Waals surface area contributed by atoms with E-state index in [2.05, 4.69) is 28.2 Å². The number of aliphatic hydroxyl groups is 1. The van der Waals surface area contributed by atoms with Gasteiger partial charge in [-0.1, -0.05) is 5.11 Å². The third kappa shape index (κ3) is 6.40. The molecule has 5 atom stereocenters. The minimum Gasteiger partial charge on any atom is -0.383 e. The van der Waals surface area contributed by atoms with E-state index in [1.165, 1.54) is 0 Å². The number of nitrogen functional groups attached to an aromatic ring is 1. The van der Waals surface area contributed by atoms with Crippen LogP contribution in [0.3, 0.4) is 0 Å². The molecule has 1 aliphatic rings. The van der Waals surface area contributed by atoms with Crippen molar-refractivity contribution in [1.29, 1.82) is 0 Å². The van der Waals surface area contributed by atoms with Crippen LogP contribution < -0.4 is 11.4 Å². The van der Waals surface area contributed by atoms with Crippen molar-refractivity contribution in [3.8, 4) is 0 Å². The molecule has 186 valence electrons. The van der Waals surface area contributed by atoms with E-state index in [9.17, 15) is 37.3 Å². The van der Waals surface area contributed by atoms with Gasteiger partial charge in [0.1, 0.15) is 5.82 Å². The van der Waals surface area contributed by atoms with Gasteiger partial charge in [-0.2, -0.15) is 22.4 Å². The Morgan fingerprint density at radius 1 is 1.27 bits per heavy atom. The summed E-state index contributed by atoms with van der Waals surface area (Å²) in [5.74, 6) is -4.80. The summed E-state index contributed by atoms with van der Waals surface area (Å²) in [5.41, 5.74) is 9.30. The van der Waals surface area contributed by atoms with E-state index in [4.69, 9.17) is 30.7 Å². The number of rotatable bonds is 9. The van der Waals surface area contributed by atoms with Gasteiger partial charge in [-0.05, 0) is 11.6 Å². The van der Waals surface area contributed by atoms with E-state index >= 15 is 0 Å². The average Bonchev–Trinajstić information content (AvgIpc) is 2.79. The van der Waals surface area contributed by atoms with Gasteiger partial charge in [0.2, 0.25) is 12.0 Å². The number of azide groups is 1. The largest absolute Gasteiger partial charge is 0.490 e. The first-order valence-corrected chi connectivity index (χ1v) is 12.3. The highest BCUT2D eigenvalue weighted by Gasteiger charge is 2.67. The van der Waals surface area contributed by atoms with Crippen molar-refractivity contribution in [1.82, 2.24) is 9.55 Å². The van der Waals surface area contributed by atoms with Crippen LogP contribution in [0.25, 0.3) is 10.4 Å². The third-order valence-electron chi connectivity index (χ3n) is 3.61. The number of hydrogen-bond acceptors (Lipinski definition) is 12. The lowest BCUT2D eigenvalue weighted by Crippen LogP contribution is -2.48. The highest BCUT2D eigenvalue weighted by atomic mass is 31.3. The minimum absolute atomic E-state index is 0.138. The Bertz CT molecular complexity index is 1170.